The lowest BCUT2D eigenvalue weighted by Gasteiger charge is -2.29. The maximum absolute atomic E-state index is 12.4. The molecule has 0 radical (unpaired) electrons. The number of nitrogens with zero attached hydrogens (tertiary/aromatic N) is 2. The summed E-state index contributed by atoms with van der Waals surface area (Å²) in [6.45, 7) is 4.99. The first-order valence-electron chi connectivity index (χ1n) is 7.71. The average Bonchev–Trinajstić information content (AvgIpc) is 2.59. The Morgan fingerprint density at radius 2 is 2.00 bits per heavy atom. The van der Waals surface area contributed by atoms with Gasteiger partial charge in [0.15, 0.2) is 0 Å². The fourth-order valence-corrected chi connectivity index (χ4v) is 2.53. The quantitative estimate of drug-likeness (QED) is 0.772. The van der Waals surface area contributed by atoms with E-state index in [2.05, 4.69) is 0 Å². The van der Waals surface area contributed by atoms with Crippen LogP contribution in [0, 0.1) is 0 Å². The molecular formula is C15H26N2O4. The Labute approximate surface area is 126 Å². The molecule has 6 heteroatoms. The van der Waals surface area contributed by atoms with Gasteiger partial charge >= 0.3 is 5.97 Å². The van der Waals surface area contributed by atoms with Gasteiger partial charge in [0.1, 0.15) is 0 Å². The number of carboxylic acids is 1. The third-order valence-electron chi connectivity index (χ3n) is 3.73. The van der Waals surface area contributed by atoms with Crippen LogP contribution in [0.25, 0.3) is 0 Å². The van der Waals surface area contributed by atoms with Crippen LogP contribution in [0.5, 0.6) is 0 Å². The summed E-state index contributed by atoms with van der Waals surface area (Å²) >= 11 is 0. The SMILES string of the molecule is CC(C)N(CCCC(=O)O)C(=O)CN1CCCCCC1=O. The second-order valence-electron chi connectivity index (χ2n) is 5.80. The van der Waals surface area contributed by atoms with E-state index in [1.807, 2.05) is 13.8 Å². The van der Waals surface area contributed by atoms with E-state index >= 15 is 0 Å². The van der Waals surface area contributed by atoms with Crippen molar-refractivity contribution in [1.82, 2.24) is 9.80 Å². The Hall–Kier alpha value is -1.59. The van der Waals surface area contributed by atoms with Crippen molar-refractivity contribution in [2.75, 3.05) is 19.6 Å². The van der Waals surface area contributed by atoms with Crippen LogP contribution in [-0.2, 0) is 14.4 Å². The highest BCUT2D eigenvalue weighted by Crippen LogP contribution is 2.12. The number of hydrogen-bond acceptors (Lipinski definition) is 3. The van der Waals surface area contributed by atoms with Crippen LogP contribution in [0.3, 0.4) is 0 Å². The minimum absolute atomic E-state index is 0.00775. The van der Waals surface area contributed by atoms with Crippen LogP contribution in [-0.4, -0.2) is 58.4 Å². The summed E-state index contributed by atoms with van der Waals surface area (Å²) in [6.07, 6.45) is 3.89. The molecule has 0 unspecified atom stereocenters. The van der Waals surface area contributed by atoms with Crippen molar-refractivity contribution >= 4 is 17.8 Å². The first-order valence-corrected chi connectivity index (χ1v) is 7.71. The molecule has 120 valence electrons. The van der Waals surface area contributed by atoms with E-state index in [4.69, 9.17) is 5.11 Å². The third kappa shape index (κ3) is 6.14. The summed E-state index contributed by atoms with van der Waals surface area (Å²) in [4.78, 5) is 38.2. The molecule has 1 N–H and O–H groups in total. The number of carbonyl (C=O) groups is 3. The number of hydrogen-bond donors (Lipinski definition) is 1. The molecule has 1 rings (SSSR count). The first kappa shape index (κ1) is 17.5. The lowest BCUT2D eigenvalue weighted by Crippen LogP contribution is -2.45. The maximum Gasteiger partial charge on any atom is 0.303 e. The molecule has 0 atom stereocenters. The normalized spacial score (nSPS) is 16.0. The molecule has 0 bridgehead atoms. The second-order valence-corrected chi connectivity index (χ2v) is 5.80. The van der Waals surface area contributed by atoms with Crippen molar-refractivity contribution in [3.05, 3.63) is 0 Å². The fraction of sp³-hybridized carbons (Fsp3) is 0.800. The summed E-state index contributed by atoms with van der Waals surface area (Å²) in [7, 11) is 0. The van der Waals surface area contributed by atoms with Crippen molar-refractivity contribution in [3.63, 3.8) is 0 Å². The van der Waals surface area contributed by atoms with E-state index in [0.29, 0.717) is 25.9 Å². The van der Waals surface area contributed by atoms with Gasteiger partial charge in [0.05, 0.1) is 6.54 Å². The zero-order chi connectivity index (χ0) is 15.8. The van der Waals surface area contributed by atoms with Gasteiger partial charge in [0.25, 0.3) is 0 Å². The molecule has 0 saturated carbocycles. The van der Waals surface area contributed by atoms with E-state index in [1.165, 1.54) is 0 Å². The van der Waals surface area contributed by atoms with E-state index < -0.39 is 5.97 Å². The number of likely N-dealkylation sites (tertiary alicyclic amines) is 1. The van der Waals surface area contributed by atoms with Gasteiger partial charge in [-0.1, -0.05) is 6.42 Å². The highest BCUT2D eigenvalue weighted by atomic mass is 16.4. The molecule has 1 aliphatic heterocycles. The van der Waals surface area contributed by atoms with Gasteiger partial charge in [-0.25, -0.2) is 0 Å². The standard InChI is InChI=1S/C15H26N2O4/c1-12(2)17(10-6-8-15(20)21)14(19)11-16-9-5-3-4-7-13(16)18/h12H,3-11H2,1-2H3,(H,20,21). The monoisotopic (exact) mass is 298 g/mol. The van der Waals surface area contributed by atoms with Crippen LogP contribution in [0.1, 0.15) is 52.4 Å². The first-order chi connectivity index (χ1) is 9.91. The summed E-state index contributed by atoms with van der Waals surface area (Å²) in [5.41, 5.74) is 0. The summed E-state index contributed by atoms with van der Waals surface area (Å²) in [5.74, 6) is -0.894. The minimum Gasteiger partial charge on any atom is -0.481 e. The molecule has 2 amide bonds. The predicted molar refractivity (Wildman–Crippen MR) is 78.8 cm³/mol. The molecule has 1 aliphatic rings. The smallest absolute Gasteiger partial charge is 0.303 e. The molecule has 6 nitrogen and oxygen atoms in total. The molecule has 0 aliphatic carbocycles. The van der Waals surface area contributed by atoms with E-state index in [-0.39, 0.29) is 30.8 Å². The van der Waals surface area contributed by atoms with E-state index in [1.54, 1.807) is 9.80 Å². The van der Waals surface area contributed by atoms with Gasteiger partial charge in [-0.2, -0.15) is 0 Å². The van der Waals surface area contributed by atoms with Crippen molar-refractivity contribution in [2.24, 2.45) is 0 Å². The molecular weight excluding hydrogens is 272 g/mol. The topological polar surface area (TPSA) is 77.9 Å². The summed E-state index contributed by atoms with van der Waals surface area (Å²) in [5, 5.41) is 8.67. The third-order valence-corrected chi connectivity index (χ3v) is 3.73. The molecule has 0 spiro atoms. The Balaban J connectivity index is 2.54. The fourth-order valence-electron chi connectivity index (χ4n) is 2.53. The number of carboxylic acid groups (broad SMARTS) is 1. The Kier molecular flexibility index (Phi) is 7.19. The maximum atomic E-state index is 12.4. The number of aliphatic carboxylic acids is 1. The molecule has 0 aromatic rings. The lowest BCUT2D eigenvalue weighted by atomic mass is 10.2. The number of amides is 2. The minimum atomic E-state index is -0.853. The molecule has 1 saturated heterocycles. The number of carbonyl (C=O) groups excluding carboxylic acids is 2. The van der Waals surface area contributed by atoms with Gasteiger partial charge < -0.3 is 14.9 Å². The van der Waals surface area contributed by atoms with Gasteiger partial charge in [0.2, 0.25) is 11.8 Å². The molecule has 1 heterocycles. The lowest BCUT2D eigenvalue weighted by molar-refractivity contribution is -0.142. The highest BCUT2D eigenvalue weighted by Gasteiger charge is 2.23. The van der Waals surface area contributed by atoms with E-state index in [9.17, 15) is 14.4 Å². The van der Waals surface area contributed by atoms with Crippen molar-refractivity contribution < 1.29 is 19.5 Å². The number of rotatable bonds is 7. The van der Waals surface area contributed by atoms with Gasteiger partial charge in [-0.15, -0.1) is 0 Å². The van der Waals surface area contributed by atoms with Crippen molar-refractivity contribution in [2.45, 2.75) is 58.4 Å². The van der Waals surface area contributed by atoms with Gasteiger partial charge in [0, 0.05) is 32.0 Å². The zero-order valence-corrected chi connectivity index (χ0v) is 13.0. The van der Waals surface area contributed by atoms with Crippen LogP contribution >= 0.6 is 0 Å². The van der Waals surface area contributed by atoms with Crippen molar-refractivity contribution in [3.8, 4) is 0 Å². The highest BCUT2D eigenvalue weighted by molar-refractivity contribution is 5.85. The average molecular weight is 298 g/mol. The van der Waals surface area contributed by atoms with Gasteiger partial charge in [-0.3, -0.25) is 14.4 Å². The Bertz CT molecular complexity index is 382. The Morgan fingerprint density at radius 3 is 2.62 bits per heavy atom. The molecule has 1 fully saturated rings. The zero-order valence-electron chi connectivity index (χ0n) is 13.0. The molecule has 0 aromatic carbocycles. The second kappa shape index (κ2) is 8.64. The summed E-state index contributed by atoms with van der Waals surface area (Å²) in [6, 6.07) is 0.00775. The van der Waals surface area contributed by atoms with E-state index in [0.717, 1.165) is 19.3 Å². The van der Waals surface area contributed by atoms with Crippen molar-refractivity contribution in [1.29, 1.82) is 0 Å². The predicted octanol–water partition coefficient (Wildman–Crippen LogP) is 1.49. The molecule has 21 heavy (non-hydrogen) atoms. The van der Waals surface area contributed by atoms with Crippen LogP contribution < -0.4 is 0 Å². The largest absolute Gasteiger partial charge is 0.481 e. The van der Waals surface area contributed by atoms with Crippen LogP contribution in [0.4, 0.5) is 0 Å². The van der Waals surface area contributed by atoms with Gasteiger partial charge in [-0.05, 0) is 33.1 Å². The molecule has 0 aromatic heterocycles. The van der Waals surface area contributed by atoms with Crippen LogP contribution in [0.15, 0.2) is 0 Å². The van der Waals surface area contributed by atoms with Crippen LogP contribution in [0.2, 0.25) is 0 Å². The Morgan fingerprint density at radius 1 is 1.29 bits per heavy atom. The summed E-state index contributed by atoms with van der Waals surface area (Å²) < 4.78 is 0.